The maximum atomic E-state index is 5.71. The molecule has 1 aliphatic rings. The van der Waals surface area contributed by atoms with Crippen LogP contribution in [0.5, 0.6) is 0 Å². The van der Waals surface area contributed by atoms with E-state index in [1.807, 2.05) is 6.07 Å². The van der Waals surface area contributed by atoms with E-state index in [0.717, 1.165) is 11.4 Å². The highest BCUT2D eigenvalue weighted by atomic mass is 15.1. The van der Waals surface area contributed by atoms with Crippen LogP contribution >= 0.6 is 0 Å². The molecule has 3 rings (SSSR count). The van der Waals surface area contributed by atoms with Gasteiger partial charge in [0, 0.05) is 30.7 Å². The lowest BCUT2D eigenvalue weighted by molar-refractivity contribution is 0.949. The first-order valence-corrected chi connectivity index (χ1v) is 6.64. The number of benzene rings is 1. The van der Waals surface area contributed by atoms with Crippen molar-refractivity contribution in [2.24, 2.45) is 0 Å². The maximum absolute atomic E-state index is 5.71. The minimum Gasteiger partial charge on any atom is -0.397 e. The Kier molecular flexibility index (Phi) is 3.23. The van der Waals surface area contributed by atoms with Crippen molar-refractivity contribution in [1.82, 2.24) is 4.98 Å². The molecule has 98 valence electrons. The molecule has 0 radical (unpaired) electrons. The molecule has 0 bridgehead atoms. The van der Waals surface area contributed by atoms with Crippen LogP contribution in [0.2, 0.25) is 0 Å². The zero-order valence-electron chi connectivity index (χ0n) is 10.8. The van der Waals surface area contributed by atoms with E-state index in [2.05, 4.69) is 39.5 Å². The molecule has 1 aliphatic heterocycles. The number of pyridine rings is 1. The number of nitrogens with zero attached hydrogens (tertiary/aromatic N) is 2. The van der Waals surface area contributed by atoms with Gasteiger partial charge in [0.1, 0.15) is 0 Å². The topological polar surface area (TPSA) is 54.2 Å². The summed E-state index contributed by atoms with van der Waals surface area (Å²) in [6.07, 6.45) is 6.01. The van der Waals surface area contributed by atoms with Crippen LogP contribution in [-0.4, -0.2) is 18.1 Å². The fraction of sp³-hybridized carbons (Fsp3) is 0.267. The van der Waals surface area contributed by atoms with Crippen molar-refractivity contribution in [3.63, 3.8) is 0 Å². The number of hydrogen-bond donors (Lipinski definition) is 2. The van der Waals surface area contributed by atoms with Crippen molar-refractivity contribution in [2.75, 3.05) is 29.0 Å². The van der Waals surface area contributed by atoms with Crippen LogP contribution < -0.4 is 16.0 Å². The van der Waals surface area contributed by atoms with Gasteiger partial charge in [0.15, 0.2) is 0 Å². The fourth-order valence-electron chi connectivity index (χ4n) is 2.42. The van der Waals surface area contributed by atoms with Gasteiger partial charge in [-0.1, -0.05) is 0 Å². The quantitative estimate of drug-likeness (QED) is 0.884. The summed E-state index contributed by atoms with van der Waals surface area (Å²) >= 11 is 0. The van der Waals surface area contributed by atoms with Crippen LogP contribution in [0.25, 0.3) is 0 Å². The molecule has 1 fully saturated rings. The van der Waals surface area contributed by atoms with Gasteiger partial charge in [-0.25, -0.2) is 0 Å². The largest absolute Gasteiger partial charge is 0.397 e. The summed E-state index contributed by atoms with van der Waals surface area (Å²) in [5.74, 6) is 0. The van der Waals surface area contributed by atoms with Gasteiger partial charge < -0.3 is 16.0 Å². The Morgan fingerprint density at radius 2 is 1.74 bits per heavy atom. The predicted molar refractivity (Wildman–Crippen MR) is 79.8 cm³/mol. The lowest BCUT2D eigenvalue weighted by atomic mass is 10.2. The lowest BCUT2D eigenvalue weighted by Crippen LogP contribution is -2.17. The number of aromatic nitrogens is 1. The summed E-state index contributed by atoms with van der Waals surface area (Å²) in [5, 5.41) is 3.30. The highest BCUT2D eigenvalue weighted by Gasteiger charge is 2.11. The zero-order chi connectivity index (χ0) is 13.1. The third kappa shape index (κ3) is 2.78. The SMILES string of the molecule is Nc1cncc(Nc2ccc(N3CCCC3)cc2)c1. The van der Waals surface area contributed by atoms with Gasteiger partial charge in [-0.15, -0.1) is 0 Å². The van der Waals surface area contributed by atoms with Gasteiger partial charge in [-0.3, -0.25) is 4.98 Å². The second kappa shape index (κ2) is 5.18. The van der Waals surface area contributed by atoms with Crippen LogP contribution in [0.3, 0.4) is 0 Å². The van der Waals surface area contributed by atoms with Crippen LogP contribution in [0, 0.1) is 0 Å². The molecule has 1 aromatic carbocycles. The number of hydrogen-bond acceptors (Lipinski definition) is 4. The molecule has 0 atom stereocenters. The molecule has 0 saturated carbocycles. The van der Waals surface area contributed by atoms with Gasteiger partial charge in [-0.2, -0.15) is 0 Å². The van der Waals surface area contributed by atoms with Crippen molar-refractivity contribution in [3.8, 4) is 0 Å². The van der Waals surface area contributed by atoms with Crippen molar-refractivity contribution in [1.29, 1.82) is 0 Å². The lowest BCUT2D eigenvalue weighted by Gasteiger charge is -2.18. The van der Waals surface area contributed by atoms with Crippen LogP contribution in [0.1, 0.15) is 12.8 Å². The zero-order valence-corrected chi connectivity index (χ0v) is 10.8. The molecule has 0 unspecified atom stereocenters. The van der Waals surface area contributed by atoms with Gasteiger partial charge in [-0.05, 0) is 43.2 Å². The summed E-state index contributed by atoms with van der Waals surface area (Å²) in [7, 11) is 0. The maximum Gasteiger partial charge on any atom is 0.0591 e. The molecule has 3 N–H and O–H groups in total. The number of nitrogens with one attached hydrogen (secondary N) is 1. The Bertz CT molecular complexity index is 544. The summed E-state index contributed by atoms with van der Waals surface area (Å²) in [4.78, 5) is 6.49. The van der Waals surface area contributed by atoms with Crippen molar-refractivity contribution < 1.29 is 0 Å². The number of nitrogens with two attached hydrogens (primary N) is 1. The average Bonchev–Trinajstić information content (AvgIpc) is 2.94. The smallest absolute Gasteiger partial charge is 0.0591 e. The van der Waals surface area contributed by atoms with Crippen LogP contribution in [0.4, 0.5) is 22.7 Å². The highest BCUT2D eigenvalue weighted by Crippen LogP contribution is 2.24. The summed E-state index contributed by atoms with van der Waals surface area (Å²) in [6.45, 7) is 2.35. The Balaban J connectivity index is 1.72. The fourth-order valence-corrected chi connectivity index (χ4v) is 2.42. The van der Waals surface area contributed by atoms with Crippen LogP contribution in [0.15, 0.2) is 42.7 Å². The molecular weight excluding hydrogens is 236 g/mol. The van der Waals surface area contributed by atoms with E-state index in [1.165, 1.54) is 31.6 Å². The van der Waals surface area contributed by atoms with Gasteiger partial charge >= 0.3 is 0 Å². The number of rotatable bonds is 3. The number of anilines is 4. The van der Waals surface area contributed by atoms with E-state index < -0.39 is 0 Å². The molecule has 0 amide bonds. The molecule has 0 spiro atoms. The molecule has 2 heterocycles. The van der Waals surface area contributed by atoms with Gasteiger partial charge in [0.2, 0.25) is 0 Å². The molecule has 19 heavy (non-hydrogen) atoms. The third-order valence-electron chi connectivity index (χ3n) is 3.39. The Morgan fingerprint density at radius 1 is 1.00 bits per heavy atom. The van der Waals surface area contributed by atoms with Crippen LogP contribution in [-0.2, 0) is 0 Å². The second-order valence-corrected chi connectivity index (χ2v) is 4.87. The molecular formula is C15H18N4. The summed E-state index contributed by atoms with van der Waals surface area (Å²) in [6, 6.07) is 10.4. The second-order valence-electron chi connectivity index (χ2n) is 4.87. The Labute approximate surface area is 113 Å². The van der Waals surface area contributed by atoms with E-state index in [9.17, 15) is 0 Å². The van der Waals surface area contributed by atoms with E-state index in [-0.39, 0.29) is 0 Å². The molecule has 2 aromatic rings. The normalized spacial score (nSPS) is 14.6. The first-order chi connectivity index (χ1) is 9.31. The first-order valence-electron chi connectivity index (χ1n) is 6.64. The van der Waals surface area contributed by atoms with E-state index in [1.54, 1.807) is 12.4 Å². The van der Waals surface area contributed by atoms with Crippen molar-refractivity contribution in [2.45, 2.75) is 12.8 Å². The minimum absolute atomic E-state index is 0.665. The number of nitrogen functional groups attached to an aromatic ring is 1. The highest BCUT2D eigenvalue weighted by molar-refractivity contribution is 5.64. The molecule has 4 heteroatoms. The Hall–Kier alpha value is -2.23. The summed E-state index contributed by atoms with van der Waals surface area (Å²) in [5.41, 5.74) is 9.64. The average molecular weight is 254 g/mol. The molecule has 1 aromatic heterocycles. The van der Waals surface area contributed by atoms with E-state index in [4.69, 9.17) is 5.73 Å². The van der Waals surface area contributed by atoms with Crippen molar-refractivity contribution in [3.05, 3.63) is 42.7 Å². The molecule has 4 nitrogen and oxygen atoms in total. The van der Waals surface area contributed by atoms with Gasteiger partial charge in [0.25, 0.3) is 0 Å². The molecule has 1 saturated heterocycles. The predicted octanol–water partition coefficient (Wildman–Crippen LogP) is 3.01. The van der Waals surface area contributed by atoms with E-state index in [0.29, 0.717) is 5.69 Å². The van der Waals surface area contributed by atoms with Crippen molar-refractivity contribution >= 4 is 22.7 Å². The monoisotopic (exact) mass is 254 g/mol. The van der Waals surface area contributed by atoms with E-state index >= 15 is 0 Å². The summed E-state index contributed by atoms with van der Waals surface area (Å²) < 4.78 is 0. The molecule has 0 aliphatic carbocycles. The third-order valence-corrected chi connectivity index (χ3v) is 3.39. The van der Waals surface area contributed by atoms with Gasteiger partial charge in [0.05, 0.1) is 17.6 Å². The first kappa shape index (κ1) is 11.8. The standard InChI is InChI=1S/C15H18N4/c16-12-9-14(11-17-10-12)18-13-3-5-15(6-4-13)19-7-1-2-8-19/h3-6,9-11,18H,1-2,7-8,16H2. The Morgan fingerprint density at radius 3 is 2.42 bits per heavy atom. The minimum atomic E-state index is 0.665.